The smallest absolute Gasteiger partial charge is 0.237 e. The van der Waals surface area contributed by atoms with Crippen LogP contribution >= 0.6 is 24.8 Å². The number of morpholine rings is 1. The van der Waals surface area contributed by atoms with Crippen molar-refractivity contribution in [2.24, 2.45) is 11.1 Å². The van der Waals surface area contributed by atoms with Crippen LogP contribution in [0.4, 0.5) is 5.82 Å². The van der Waals surface area contributed by atoms with Crippen molar-refractivity contribution < 1.29 is 9.53 Å². The Morgan fingerprint density at radius 2 is 1.96 bits per heavy atom. The molecule has 3 N–H and O–H groups in total. The van der Waals surface area contributed by atoms with Gasteiger partial charge >= 0.3 is 0 Å². The number of rotatable bonds is 4. The number of aromatic nitrogens is 1. The highest BCUT2D eigenvalue weighted by molar-refractivity contribution is 5.85. The number of carbonyl (C=O) groups is 1. The van der Waals surface area contributed by atoms with Gasteiger partial charge in [0.1, 0.15) is 5.82 Å². The number of ether oxygens (including phenoxy) is 1. The fourth-order valence-corrected chi connectivity index (χ4v) is 2.19. The zero-order chi connectivity index (χ0) is 16.2. The second-order valence-corrected chi connectivity index (χ2v) is 6.69. The molecule has 2 heterocycles. The number of halogens is 2. The Labute approximate surface area is 156 Å². The normalized spacial score (nSPS) is 15.8. The maximum absolute atomic E-state index is 12.0. The van der Waals surface area contributed by atoms with Crippen molar-refractivity contribution in [2.75, 3.05) is 31.2 Å². The van der Waals surface area contributed by atoms with Crippen molar-refractivity contribution in [3.8, 4) is 0 Å². The van der Waals surface area contributed by atoms with Gasteiger partial charge < -0.3 is 20.7 Å². The molecule has 0 unspecified atom stereocenters. The number of pyridine rings is 1. The SMILES string of the molecule is CC(C)(C)[C@H](N)C(=O)NCc1ccc(N2CCOCC2)nc1.Cl.Cl. The minimum Gasteiger partial charge on any atom is -0.378 e. The van der Waals surface area contributed by atoms with Crippen LogP contribution in [0.2, 0.25) is 0 Å². The monoisotopic (exact) mass is 378 g/mol. The average molecular weight is 379 g/mol. The quantitative estimate of drug-likeness (QED) is 0.833. The van der Waals surface area contributed by atoms with Gasteiger partial charge in [0.05, 0.1) is 19.3 Å². The summed E-state index contributed by atoms with van der Waals surface area (Å²) in [6, 6.07) is 3.45. The number of hydrogen-bond acceptors (Lipinski definition) is 5. The van der Waals surface area contributed by atoms with Gasteiger partial charge in [-0.3, -0.25) is 4.79 Å². The van der Waals surface area contributed by atoms with Crippen LogP contribution in [-0.2, 0) is 16.1 Å². The number of nitrogens with zero attached hydrogens (tertiary/aromatic N) is 2. The van der Waals surface area contributed by atoms with Crippen molar-refractivity contribution in [3.05, 3.63) is 23.9 Å². The van der Waals surface area contributed by atoms with E-state index in [1.54, 1.807) is 6.20 Å². The number of amides is 1. The van der Waals surface area contributed by atoms with Crippen molar-refractivity contribution >= 4 is 36.5 Å². The van der Waals surface area contributed by atoms with E-state index in [2.05, 4.69) is 15.2 Å². The fourth-order valence-electron chi connectivity index (χ4n) is 2.19. The Morgan fingerprint density at radius 1 is 1.33 bits per heavy atom. The standard InChI is InChI=1S/C16H26N4O2.2ClH/c1-16(2,3)14(17)15(21)19-11-12-4-5-13(18-10-12)20-6-8-22-9-7-20;;/h4-5,10,14H,6-9,11,17H2,1-3H3,(H,19,21);2*1H/t14-;;/m1../s1. The van der Waals surface area contributed by atoms with Crippen LogP contribution in [0, 0.1) is 5.41 Å². The van der Waals surface area contributed by atoms with Gasteiger partial charge in [-0.15, -0.1) is 24.8 Å². The Morgan fingerprint density at radius 3 is 2.46 bits per heavy atom. The lowest BCUT2D eigenvalue weighted by Crippen LogP contribution is -2.48. The molecule has 0 aromatic carbocycles. The molecular formula is C16H28Cl2N4O2. The summed E-state index contributed by atoms with van der Waals surface area (Å²) in [6.45, 7) is 9.52. The van der Waals surface area contributed by atoms with Crippen molar-refractivity contribution in [1.29, 1.82) is 0 Å². The predicted molar refractivity (Wildman–Crippen MR) is 101 cm³/mol. The third-order valence-electron chi connectivity index (χ3n) is 3.83. The third-order valence-corrected chi connectivity index (χ3v) is 3.83. The van der Waals surface area contributed by atoms with Crippen LogP contribution in [-0.4, -0.2) is 43.2 Å². The minimum atomic E-state index is -0.520. The van der Waals surface area contributed by atoms with Crippen molar-refractivity contribution in [2.45, 2.75) is 33.4 Å². The number of carbonyl (C=O) groups excluding carboxylic acids is 1. The predicted octanol–water partition coefficient (Wildman–Crippen LogP) is 1.75. The molecule has 138 valence electrons. The maximum atomic E-state index is 12.0. The molecule has 2 rings (SSSR count). The summed E-state index contributed by atoms with van der Waals surface area (Å²) in [5.74, 6) is 0.814. The van der Waals surface area contributed by atoms with E-state index in [1.807, 2.05) is 32.9 Å². The first-order chi connectivity index (χ1) is 10.4. The molecule has 1 aliphatic rings. The number of anilines is 1. The molecule has 24 heavy (non-hydrogen) atoms. The molecule has 1 aromatic heterocycles. The van der Waals surface area contributed by atoms with Crippen LogP contribution in [0.15, 0.2) is 18.3 Å². The van der Waals surface area contributed by atoms with Crippen LogP contribution < -0.4 is 16.0 Å². The van der Waals surface area contributed by atoms with E-state index >= 15 is 0 Å². The Bertz CT molecular complexity index is 500. The van der Waals surface area contributed by atoms with E-state index in [9.17, 15) is 4.79 Å². The second kappa shape index (κ2) is 10.0. The van der Waals surface area contributed by atoms with Gasteiger partial charge in [0.25, 0.3) is 0 Å². The van der Waals surface area contributed by atoms with Gasteiger partial charge in [0.15, 0.2) is 0 Å². The van der Waals surface area contributed by atoms with Gasteiger partial charge in [-0.1, -0.05) is 26.8 Å². The molecule has 1 atom stereocenters. The van der Waals surface area contributed by atoms with Crippen LogP contribution in [0.5, 0.6) is 0 Å². The highest BCUT2D eigenvalue weighted by Gasteiger charge is 2.27. The molecule has 1 aromatic rings. The second-order valence-electron chi connectivity index (χ2n) is 6.69. The lowest BCUT2D eigenvalue weighted by molar-refractivity contribution is -0.124. The molecule has 1 saturated heterocycles. The number of nitrogens with two attached hydrogens (primary N) is 1. The summed E-state index contributed by atoms with van der Waals surface area (Å²) in [5, 5.41) is 2.87. The maximum Gasteiger partial charge on any atom is 0.237 e. The fraction of sp³-hybridized carbons (Fsp3) is 0.625. The van der Waals surface area contributed by atoms with E-state index in [1.165, 1.54) is 0 Å². The Hall–Kier alpha value is -1.08. The molecule has 1 amide bonds. The highest BCUT2D eigenvalue weighted by Crippen LogP contribution is 2.17. The first-order valence-corrected chi connectivity index (χ1v) is 7.69. The van der Waals surface area contributed by atoms with Crippen molar-refractivity contribution in [3.63, 3.8) is 0 Å². The topological polar surface area (TPSA) is 80.5 Å². The molecule has 0 saturated carbocycles. The lowest BCUT2D eigenvalue weighted by atomic mass is 9.87. The highest BCUT2D eigenvalue weighted by atomic mass is 35.5. The Kier molecular flexibility index (Phi) is 9.58. The van der Waals surface area contributed by atoms with Crippen LogP contribution in [0.1, 0.15) is 26.3 Å². The average Bonchev–Trinajstić information content (AvgIpc) is 2.52. The summed E-state index contributed by atoms with van der Waals surface area (Å²) in [4.78, 5) is 18.7. The molecule has 0 radical (unpaired) electrons. The molecule has 1 aliphatic heterocycles. The van der Waals surface area contributed by atoms with E-state index in [4.69, 9.17) is 10.5 Å². The largest absolute Gasteiger partial charge is 0.378 e. The molecule has 8 heteroatoms. The van der Waals surface area contributed by atoms with Gasteiger partial charge in [-0.2, -0.15) is 0 Å². The number of hydrogen-bond donors (Lipinski definition) is 2. The van der Waals surface area contributed by atoms with E-state index in [0.29, 0.717) is 6.54 Å². The van der Waals surface area contributed by atoms with E-state index < -0.39 is 6.04 Å². The van der Waals surface area contributed by atoms with Crippen LogP contribution in [0.25, 0.3) is 0 Å². The molecule has 0 spiro atoms. The Balaban J connectivity index is 0.00000264. The van der Waals surface area contributed by atoms with Gasteiger partial charge in [-0.25, -0.2) is 4.98 Å². The molecule has 0 aliphatic carbocycles. The first-order valence-electron chi connectivity index (χ1n) is 7.69. The zero-order valence-electron chi connectivity index (χ0n) is 14.4. The summed E-state index contributed by atoms with van der Waals surface area (Å²) in [6.07, 6.45) is 1.80. The summed E-state index contributed by atoms with van der Waals surface area (Å²) >= 11 is 0. The summed E-state index contributed by atoms with van der Waals surface area (Å²) < 4.78 is 5.33. The number of nitrogens with one attached hydrogen (secondary N) is 1. The first kappa shape index (κ1) is 22.9. The molecule has 0 bridgehead atoms. The minimum absolute atomic E-state index is 0. The van der Waals surface area contributed by atoms with Gasteiger partial charge in [0, 0.05) is 25.8 Å². The van der Waals surface area contributed by atoms with E-state index in [0.717, 1.165) is 37.7 Å². The molecule has 1 fully saturated rings. The lowest BCUT2D eigenvalue weighted by Gasteiger charge is -2.28. The zero-order valence-corrected chi connectivity index (χ0v) is 16.1. The van der Waals surface area contributed by atoms with Crippen LogP contribution in [0.3, 0.4) is 0 Å². The third kappa shape index (κ3) is 6.43. The molecule has 6 nitrogen and oxygen atoms in total. The van der Waals surface area contributed by atoms with Crippen molar-refractivity contribution in [1.82, 2.24) is 10.3 Å². The van der Waals surface area contributed by atoms with E-state index in [-0.39, 0.29) is 36.1 Å². The summed E-state index contributed by atoms with van der Waals surface area (Å²) in [7, 11) is 0. The molecular weight excluding hydrogens is 351 g/mol. The van der Waals surface area contributed by atoms with Gasteiger partial charge in [0.2, 0.25) is 5.91 Å². The summed E-state index contributed by atoms with van der Waals surface area (Å²) in [5.41, 5.74) is 6.65. The van der Waals surface area contributed by atoms with Gasteiger partial charge in [-0.05, 0) is 17.0 Å².